The first-order valence-electron chi connectivity index (χ1n) is 7.53. The molecular weight excluding hydrogens is 290 g/mol. The number of rotatable bonds is 6. The van der Waals surface area contributed by atoms with Crippen LogP contribution in [0.15, 0.2) is 12.1 Å². The van der Waals surface area contributed by atoms with Gasteiger partial charge < -0.3 is 29.2 Å². The summed E-state index contributed by atoms with van der Waals surface area (Å²) >= 11 is 0. The lowest BCUT2D eigenvalue weighted by Gasteiger charge is -2.35. The summed E-state index contributed by atoms with van der Waals surface area (Å²) in [6.45, 7) is 1.76. The Morgan fingerprint density at radius 3 is 2.82 bits per heavy atom. The normalized spacial score (nSPS) is 23.8. The molecule has 0 aromatic carbocycles. The molecule has 2 saturated heterocycles. The van der Waals surface area contributed by atoms with Crippen molar-refractivity contribution in [3.8, 4) is 11.6 Å². The van der Waals surface area contributed by atoms with Crippen molar-refractivity contribution in [1.29, 1.82) is 0 Å². The first kappa shape index (κ1) is 15.5. The van der Waals surface area contributed by atoms with E-state index in [4.69, 9.17) is 18.9 Å². The fraction of sp³-hybridized carbons (Fsp3) is 0.667. The third kappa shape index (κ3) is 3.67. The summed E-state index contributed by atoms with van der Waals surface area (Å²) in [6, 6.07) is 2.82. The molecule has 0 amide bonds. The van der Waals surface area contributed by atoms with E-state index in [1.54, 1.807) is 0 Å². The van der Waals surface area contributed by atoms with Gasteiger partial charge in [-0.15, -0.1) is 0 Å². The second-order valence-electron chi connectivity index (χ2n) is 5.59. The van der Waals surface area contributed by atoms with E-state index in [-0.39, 0.29) is 31.1 Å². The van der Waals surface area contributed by atoms with Crippen LogP contribution in [-0.4, -0.2) is 54.5 Å². The summed E-state index contributed by atoms with van der Waals surface area (Å²) in [5, 5.41) is 19.9. The average molecular weight is 311 g/mol. The molecule has 0 spiro atoms. The lowest BCUT2D eigenvalue weighted by molar-refractivity contribution is -0.187. The van der Waals surface area contributed by atoms with Gasteiger partial charge in [-0.3, -0.25) is 0 Å². The van der Waals surface area contributed by atoms with E-state index in [9.17, 15) is 10.2 Å². The molecule has 3 rings (SSSR count). The Labute approximate surface area is 128 Å². The summed E-state index contributed by atoms with van der Waals surface area (Å²) in [5.41, 5.74) is -0.784. The Morgan fingerprint density at radius 2 is 2.14 bits per heavy atom. The first-order chi connectivity index (χ1) is 10.7. The highest BCUT2D eigenvalue weighted by Gasteiger charge is 2.40. The van der Waals surface area contributed by atoms with Gasteiger partial charge in [0.2, 0.25) is 5.88 Å². The van der Waals surface area contributed by atoms with Gasteiger partial charge in [0.15, 0.2) is 11.9 Å². The molecule has 0 aliphatic carbocycles. The van der Waals surface area contributed by atoms with E-state index < -0.39 is 5.60 Å². The van der Waals surface area contributed by atoms with Gasteiger partial charge in [0, 0.05) is 18.7 Å². The van der Waals surface area contributed by atoms with Crippen LogP contribution in [0.3, 0.4) is 0 Å². The molecule has 1 aromatic rings. The van der Waals surface area contributed by atoms with Crippen LogP contribution in [0.1, 0.15) is 25.0 Å². The first-order valence-corrected chi connectivity index (χ1v) is 7.53. The quantitative estimate of drug-likeness (QED) is 0.755. The maximum Gasteiger partial charge on any atom is 0.217 e. The van der Waals surface area contributed by atoms with Crippen molar-refractivity contribution >= 4 is 0 Å². The summed E-state index contributed by atoms with van der Waals surface area (Å²) in [7, 11) is 0. The van der Waals surface area contributed by atoms with Crippen LogP contribution >= 0.6 is 0 Å². The molecule has 1 aromatic heterocycles. The van der Waals surface area contributed by atoms with Crippen LogP contribution < -0.4 is 4.74 Å². The Hall–Kier alpha value is -1.41. The molecule has 0 bridgehead atoms. The Morgan fingerprint density at radius 1 is 1.27 bits per heavy atom. The topological polar surface area (TPSA) is 90.3 Å². The van der Waals surface area contributed by atoms with E-state index >= 15 is 0 Å². The van der Waals surface area contributed by atoms with E-state index in [1.165, 1.54) is 12.1 Å². The lowest BCUT2D eigenvalue weighted by Crippen LogP contribution is -2.47. The third-order valence-corrected chi connectivity index (χ3v) is 3.72. The number of hydrogen-bond donors (Lipinski definition) is 2. The molecule has 1 atom stereocenters. The van der Waals surface area contributed by atoms with Gasteiger partial charge in [0.05, 0.1) is 25.5 Å². The molecule has 2 aliphatic rings. The smallest absolute Gasteiger partial charge is 0.217 e. The zero-order chi connectivity index (χ0) is 15.4. The number of nitrogens with zero attached hydrogens (tertiary/aromatic N) is 1. The number of aromatic hydroxyl groups is 1. The van der Waals surface area contributed by atoms with Crippen molar-refractivity contribution in [2.75, 3.05) is 33.0 Å². The van der Waals surface area contributed by atoms with Gasteiger partial charge in [-0.25, -0.2) is 4.98 Å². The highest BCUT2D eigenvalue weighted by Crippen LogP contribution is 2.31. The predicted octanol–water partition coefficient (Wildman–Crippen LogP) is 0.927. The van der Waals surface area contributed by atoms with Gasteiger partial charge in [-0.05, 0) is 19.3 Å². The third-order valence-electron chi connectivity index (χ3n) is 3.72. The lowest BCUT2D eigenvalue weighted by atomic mass is 9.97. The molecule has 22 heavy (non-hydrogen) atoms. The predicted molar refractivity (Wildman–Crippen MR) is 75.7 cm³/mol. The number of ether oxygens (including phenoxy) is 4. The standard InChI is InChI=1S/C15H21NO6/c17-11-7-12(15(18)9-19-10-15)16-13(8-11)20-5-6-22-14-3-1-2-4-21-14/h7-8,14,18H,1-6,9-10H2,(H,16,17). The molecule has 0 saturated carbocycles. The Bertz CT molecular complexity index is 499. The molecule has 7 heteroatoms. The maximum atomic E-state index is 10.2. The van der Waals surface area contributed by atoms with Crippen molar-refractivity contribution in [2.45, 2.75) is 31.2 Å². The summed E-state index contributed by atoms with van der Waals surface area (Å²) in [4.78, 5) is 4.21. The van der Waals surface area contributed by atoms with E-state index in [0.29, 0.717) is 18.9 Å². The van der Waals surface area contributed by atoms with E-state index in [1.807, 2.05) is 0 Å². The van der Waals surface area contributed by atoms with E-state index in [2.05, 4.69) is 4.98 Å². The second-order valence-corrected chi connectivity index (χ2v) is 5.59. The zero-order valence-corrected chi connectivity index (χ0v) is 12.4. The van der Waals surface area contributed by atoms with Crippen molar-refractivity contribution in [3.05, 3.63) is 17.8 Å². The van der Waals surface area contributed by atoms with Crippen molar-refractivity contribution in [1.82, 2.24) is 4.98 Å². The second kappa shape index (κ2) is 6.78. The van der Waals surface area contributed by atoms with Crippen molar-refractivity contribution < 1.29 is 29.2 Å². The number of hydrogen-bond acceptors (Lipinski definition) is 7. The maximum absolute atomic E-state index is 10.2. The van der Waals surface area contributed by atoms with Gasteiger partial charge in [0.25, 0.3) is 0 Å². The average Bonchev–Trinajstić information content (AvgIpc) is 2.50. The largest absolute Gasteiger partial charge is 0.508 e. The van der Waals surface area contributed by atoms with Gasteiger partial charge >= 0.3 is 0 Å². The minimum Gasteiger partial charge on any atom is -0.508 e. The highest BCUT2D eigenvalue weighted by atomic mass is 16.7. The summed E-state index contributed by atoms with van der Waals surface area (Å²) in [6.07, 6.45) is 2.95. The molecule has 7 nitrogen and oxygen atoms in total. The van der Waals surface area contributed by atoms with E-state index in [0.717, 1.165) is 25.9 Å². The number of aromatic nitrogens is 1. The van der Waals surface area contributed by atoms with Crippen LogP contribution in [0.5, 0.6) is 11.6 Å². The summed E-state index contributed by atoms with van der Waals surface area (Å²) < 4.78 is 21.5. The monoisotopic (exact) mass is 311 g/mol. The number of pyridine rings is 1. The van der Waals surface area contributed by atoms with Crippen LogP contribution in [0.2, 0.25) is 0 Å². The highest BCUT2D eigenvalue weighted by molar-refractivity contribution is 5.32. The van der Waals surface area contributed by atoms with Crippen molar-refractivity contribution in [2.24, 2.45) is 0 Å². The Kier molecular flexibility index (Phi) is 4.77. The SMILES string of the molecule is Oc1cc(OCCOC2CCCCO2)nc(C2(O)COC2)c1. The molecule has 2 aliphatic heterocycles. The molecule has 2 fully saturated rings. The molecule has 122 valence electrons. The van der Waals surface area contributed by atoms with Gasteiger partial charge in [0.1, 0.15) is 12.4 Å². The number of aliphatic hydroxyl groups is 1. The molecule has 1 unspecified atom stereocenters. The van der Waals surface area contributed by atoms with Crippen LogP contribution in [0.25, 0.3) is 0 Å². The zero-order valence-electron chi connectivity index (χ0n) is 12.4. The molecule has 3 heterocycles. The molecule has 0 radical (unpaired) electrons. The minimum atomic E-state index is -1.14. The minimum absolute atomic E-state index is 0.00291. The summed E-state index contributed by atoms with van der Waals surface area (Å²) in [5.74, 6) is 0.250. The fourth-order valence-electron chi connectivity index (χ4n) is 2.42. The molecule has 2 N–H and O–H groups in total. The Balaban J connectivity index is 1.49. The van der Waals surface area contributed by atoms with Gasteiger partial charge in [-0.1, -0.05) is 0 Å². The van der Waals surface area contributed by atoms with Gasteiger partial charge in [-0.2, -0.15) is 0 Å². The van der Waals surface area contributed by atoms with Crippen LogP contribution in [0.4, 0.5) is 0 Å². The van der Waals surface area contributed by atoms with Crippen LogP contribution in [0, 0.1) is 0 Å². The van der Waals surface area contributed by atoms with Crippen molar-refractivity contribution in [3.63, 3.8) is 0 Å². The van der Waals surface area contributed by atoms with Crippen LogP contribution in [-0.2, 0) is 19.8 Å². The molecular formula is C15H21NO6. The fourth-order valence-corrected chi connectivity index (χ4v) is 2.42.